The number of hydrogen-bond acceptors (Lipinski definition) is 2. The molecule has 0 bridgehead atoms. The molecule has 0 aromatic carbocycles. The minimum absolute atomic E-state index is 0.253. The molecule has 2 fully saturated rings. The van der Waals surface area contributed by atoms with Crippen LogP contribution in [0.3, 0.4) is 0 Å². The molecule has 2 atom stereocenters. The summed E-state index contributed by atoms with van der Waals surface area (Å²) in [5.74, 6) is 0. The summed E-state index contributed by atoms with van der Waals surface area (Å²) < 4.78 is 19.0. The topological polar surface area (TPSA) is 21.3 Å². The van der Waals surface area contributed by atoms with Gasteiger partial charge in [-0.3, -0.25) is 0 Å². The minimum Gasteiger partial charge on any atom is -0.377 e. The van der Waals surface area contributed by atoms with Gasteiger partial charge in [0, 0.05) is 19.2 Å². The van der Waals surface area contributed by atoms with Gasteiger partial charge in [-0.1, -0.05) is 0 Å². The second-order valence-corrected chi connectivity index (χ2v) is 4.36. The molecule has 2 rings (SSSR count). The van der Waals surface area contributed by atoms with Gasteiger partial charge in [-0.25, -0.2) is 4.39 Å². The molecule has 1 heterocycles. The lowest BCUT2D eigenvalue weighted by Crippen LogP contribution is -2.47. The van der Waals surface area contributed by atoms with Crippen LogP contribution in [0.15, 0.2) is 0 Å². The summed E-state index contributed by atoms with van der Waals surface area (Å²) in [5.41, 5.74) is -0.900. The molecule has 1 N–H and O–H groups in total. The molecule has 1 aliphatic heterocycles. The molecular weight excluding hydrogens is 169 g/mol. The van der Waals surface area contributed by atoms with Gasteiger partial charge in [-0.05, 0) is 32.6 Å². The third-order valence-electron chi connectivity index (χ3n) is 3.31. The largest absolute Gasteiger partial charge is 0.377 e. The normalized spacial score (nSPS) is 37.4. The molecule has 3 heteroatoms. The van der Waals surface area contributed by atoms with E-state index in [1.807, 2.05) is 0 Å². The summed E-state index contributed by atoms with van der Waals surface area (Å²) in [7, 11) is 0. The van der Waals surface area contributed by atoms with E-state index in [-0.39, 0.29) is 6.10 Å². The van der Waals surface area contributed by atoms with E-state index in [1.165, 1.54) is 0 Å². The van der Waals surface area contributed by atoms with Gasteiger partial charge < -0.3 is 10.1 Å². The number of halogens is 1. The highest BCUT2D eigenvalue weighted by atomic mass is 19.1. The summed E-state index contributed by atoms with van der Waals surface area (Å²) in [6.07, 6.45) is 3.81. The molecule has 13 heavy (non-hydrogen) atoms. The molecule has 2 unspecified atom stereocenters. The first-order chi connectivity index (χ1) is 6.20. The zero-order chi connectivity index (χ0) is 9.31. The summed E-state index contributed by atoms with van der Waals surface area (Å²) in [5, 5.41) is 3.27. The summed E-state index contributed by atoms with van der Waals surface area (Å²) in [4.78, 5) is 0. The predicted octanol–water partition coefficient (Wildman–Crippen LogP) is 1.65. The van der Waals surface area contributed by atoms with Crippen molar-refractivity contribution in [2.45, 2.75) is 50.4 Å². The van der Waals surface area contributed by atoms with Crippen LogP contribution in [-0.2, 0) is 4.74 Å². The second-order valence-electron chi connectivity index (χ2n) is 4.36. The lowest BCUT2D eigenvalue weighted by atomic mass is 9.82. The molecule has 1 saturated carbocycles. The standard InChI is InChI=1S/C10H18FNO/c1-8-9(3-6-13-8)12-7-10(11)4-2-5-10/h8-9,12H,2-7H2,1H3. The van der Waals surface area contributed by atoms with Crippen LogP contribution < -0.4 is 5.32 Å². The number of alkyl halides is 1. The molecule has 1 saturated heterocycles. The fourth-order valence-electron chi connectivity index (χ4n) is 2.05. The molecule has 0 spiro atoms. The van der Waals surface area contributed by atoms with Crippen LogP contribution in [0.25, 0.3) is 0 Å². The molecule has 1 aliphatic carbocycles. The average Bonchev–Trinajstić information content (AvgIpc) is 2.44. The molecule has 76 valence electrons. The van der Waals surface area contributed by atoms with E-state index in [2.05, 4.69) is 12.2 Å². The second kappa shape index (κ2) is 3.54. The first-order valence-corrected chi connectivity index (χ1v) is 5.24. The van der Waals surface area contributed by atoms with Crippen molar-refractivity contribution in [2.75, 3.05) is 13.2 Å². The van der Waals surface area contributed by atoms with Crippen molar-refractivity contribution in [1.82, 2.24) is 5.32 Å². The van der Waals surface area contributed by atoms with Crippen LogP contribution in [0, 0.1) is 0 Å². The minimum atomic E-state index is -0.900. The van der Waals surface area contributed by atoms with Crippen molar-refractivity contribution in [3.05, 3.63) is 0 Å². The van der Waals surface area contributed by atoms with Crippen molar-refractivity contribution >= 4 is 0 Å². The molecule has 0 aromatic rings. The van der Waals surface area contributed by atoms with Crippen molar-refractivity contribution in [3.63, 3.8) is 0 Å². The maximum Gasteiger partial charge on any atom is 0.123 e. The van der Waals surface area contributed by atoms with Crippen LogP contribution in [0.1, 0.15) is 32.6 Å². The van der Waals surface area contributed by atoms with Crippen LogP contribution in [0.4, 0.5) is 4.39 Å². The summed E-state index contributed by atoms with van der Waals surface area (Å²) >= 11 is 0. The third kappa shape index (κ3) is 2.02. The average molecular weight is 187 g/mol. The van der Waals surface area contributed by atoms with E-state index in [0.29, 0.717) is 12.6 Å². The molecule has 0 aromatic heterocycles. The lowest BCUT2D eigenvalue weighted by molar-refractivity contribution is 0.0536. The summed E-state index contributed by atoms with van der Waals surface area (Å²) in [6, 6.07) is 0.369. The van der Waals surface area contributed by atoms with E-state index < -0.39 is 5.67 Å². The smallest absolute Gasteiger partial charge is 0.123 e. The Morgan fingerprint density at radius 2 is 2.31 bits per heavy atom. The van der Waals surface area contributed by atoms with Gasteiger partial charge in [0.15, 0.2) is 0 Å². The Balaban J connectivity index is 1.72. The Hall–Kier alpha value is -0.150. The van der Waals surface area contributed by atoms with Crippen molar-refractivity contribution in [1.29, 1.82) is 0 Å². The number of ether oxygens (including phenoxy) is 1. The SMILES string of the molecule is CC1OCCC1NCC1(F)CCC1. The van der Waals surface area contributed by atoms with Gasteiger partial charge >= 0.3 is 0 Å². The van der Waals surface area contributed by atoms with Gasteiger partial charge in [0.2, 0.25) is 0 Å². The zero-order valence-corrected chi connectivity index (χ0v) is 8.18. The van der Waals surface area contributed by atoms with Gasteiger partial charge in [-0.2, -0.15) is 0 Å². The monoisotopic (exact) mass is 187 g/mol. The molecule has 2 aliphatic rings. The number of nitrogens with one attached hydrogen (secondary N) is 1. The van der Waals surface area contributed by atoms with Crippen molar-refractivity contribution < 1.29 is 9.13 Å². The van der Waals surface area contributed by atoms with Crippen molar-refractivity contribution in [3.8, 4) is 0 Å². The molecular formula is C10H18FNO. The Morgan fingerprint density at radius 1 is 1.54 bits per heavy atom. The Kier molecular flexibility index (Phi) is 2.56. The van der Waals surface area contributed by atoms with E-state index in [9.17, 15) is 4.39 Å². The maximum absolute atomic E-state index is 13.6. The van der Waals surface area contributed by atoms with Gasteiger partial charge in [-0.15, -0.1) is 0 Å². The highest BCUT2D eigenvalue weighted by molar-refractivity contribution is 4.92. The Bertz CT molecular complexity index is 182. The number of rotatable bonds is 3. The molecule has 0 amide bonds. The first kappa shape index (κ1) is 9.41. The maximum atomic E-state index is 13.6. The first-order valence-electron chi connectivity index (χ1n) is 5.24. The van der Waals surface area contributed by atoms with Crippen molar-refractivity contribution in [2.24, 2.45) is 0 Å². The van der Waals surface area contributed by atoms with Crippen LogP contribution >= 0.6 is 0 Å². The third-order valence-corrected chi connectivity index (χ3v) is 3.31. The fourth-order valence-corrected chi connectivity index (χ4v) is 2.05. The highest BCUT2D eigenvalue weighted by Crippen LogP contribution is 2.35. The Labute approximate surface area is 78.8 Å². The van der Waals surface area contributed by atoms with Gasteiger partial charge in [0.05, 0.1) is 6.10 Å². The Morgan fingerprint density at radius 3 is 2.77 bits per heavy atom. The van der Waals surface area contributed by atoms with E-state index in [4.69, 9.17) is 4.74 Å². The fraction of sp³-hybridized carbons (Fsp3) is 1.00. The van der Waals surface area contributed by atoms with Gasteiger partial charge in [0.1, 0.15) is 5.67 Å². The number of hydrogen-bond donors (Lipinski definition) is 1. The van der Waals surface area contributed by atoms with Crippen LogP contribution in [0.5, 0.6) is 0 Å². The quantitative estimate of drug-likeness (QED) is 0.725. The van der Waals surface area contributed by atoms with Crippen LogP contribution in [-0.4, -0.2) is 31.0 Å². The summed E-state index contributed by atoms with van der Waals surface area (Å²) in [6.45, 7) is 3.39. The molecule has 0 radical (unpaired) electrons. The highest BCUT2D eigenvalue weighted by Gasteiger charge is 2.38. The zero-order valence-electron chi connectivity index (χ0n) is 8.18. The molecule has 2 nitrogen and oxygen atoms in total. The van der Waals surface area contributed by atoms with Crippen LogP contribution in [0.2, 0.25) is 0 Å². The van der Waals surface area contributed by atoms with E-state index >= 15 is 0 Å². The van der Waals surface area contributed by atoms with Gasteiger partial charge in [0.25, 0.3) is 0 Å². The predicted molar refractivity (Wildman–Crippen MR) is 49.5 cm³/mol. The lowest BCUT2D eigenvalue weighted by Gasteiger charge is -2.35. The van der Waals surface area contributed by atoms with E-state index in [1.54, 1.807) is 0 Å². The van der Waals surface area contributed by atoms with E-state index in [0.717, 1.165) is 32.3 Å².